The monoisotopic (exact) mass is 322 g/mol. The molecule has 2 N–H and O–H groups in total. The van der Waals surface area contributed by atoms with Gasteiger partial charge in [-0.15, -0.1) is 0 Å². The number of phenolic OH excluding ortho intramolecular Hbond substituents is 2. The number of hydrogen-bond acceptors (Lipinski definition) is 4. The van der Waals surface area contributed by atoms with Crippen LogP contribution >= 0.6 is 23.2 Å². The highest BCUT2D eigenvalue weighted by atomic mass is 35.5. The molecule has 3 rings (SSSR count). The molecule has 4 nitrogen and oxygen atoms in total. The molecule has 106 valence electrons. The van der Waals surface area contributed by atoms with Gasteiger partial charge in [0.15, 0.2) is 22.5 Å². The second-order valence-corrected chi connectivity index (χ2v) is 5.13. The van der Waals surface area contributed by atoms with Crippen LogP contribution in [0.25, 0.3) is 22.3 Å². The Morgan fingerprint density at radius 2 is 1.62 bits per heavy atom. The third-order valence-electron chi connectivity index (χ3n) is 3.07. The van der Waals surface area contributed by atoms with E-state index in [2.05, 4.69) is 0 Å². The van der Waals surface area contributed by atoms with E-state index in [-0.39, 0.29) is 26.8 Å². The highest BCUT2D eigenvalue weighted by Crippen LogP contribution is 2.45. The smallest absolute Gasteiger partial charge is 0.197 e. The first-order chi connectivity index (χ1) is 10.0. The topological polar surface area (TPSA) is 70.7 Å². The summed E-state index contributed by atoms with van der Waals surface area (Å²) in [5.41, 5.74) is 0.0559. The maximum atomic E-state index is 12.2. The van der Waals surface area contributed by atoms with Gasteiger partial charge in [0.2, 0.25) is 0 Å². The maximum absolute atomic E-state index is 12.2. The summed E-state index contributed by atoms with van der Waals surface area (Å²) in [6, 6.07) is 10.2. The van der Waals surface area contributed by atoms with Crippen molar-refractivity contribution >= 4 is 34.2 Å². The number of benzene rings is 2. The Balaban J connectivity index is 2.43. The summed E-state index contributed by atoms with van der Waals surface area (Å²) in [6.07, 6.45) is 0. The molecule has 0 aliphatic carbocycles. The minimum absolute atomic E-state index is 0.109. The van der Waals surface area contributed by atoms with Crippen molar-refractivity contribution in [1.82, 2.24) is 0 Å². The predicted molar refractivity (Wildman–Crippen MR) is 81.3 cm³/mol. The molecule has 0 fully saturated rings. The van der Waals surface area contributed by atoms with Gasteiger partial charge in [0, 0.05) is 11.6 Å². The number of fused-ring (bicyclic) bond motifs is 1. The standard InChI is InChI=1S/C15H8Cl2O4/c16-11-13(19)10-8(18)6-9(7-4-2-1-3-5-7)21-15(10)12(17)14(11)20/h1-6,19-20H. The highest BCUT2D eigenvalue weighted by molar-refractivity contribution is 6.41. The van der Waals surface area contributed by atoms with Gasteiger partial charge >= 0.3 is 0 Å². The molecule has 6 heteroatoms. The minimum atomic E-state index is -0.554. The summed E-state index contributed by atoms with van der Waals surface area (Å²) in [5, 5.41) is 18.9. The average Bonchev–Trinajstić information content (AvgIpc) is 2.51. The van der Waals surface area contributed by atoms with E-state index < -0.39 is 16.9 Å². The lowest BCUT2D eigenvalue weighted by molar-refractivity contribution is 0.453. The first-order valence-corrected chi connectivity index (χ1v) is 6.68. The average molecular weight is 323 g/mol. The number of aromatic hydroxyl groups is 2. The summed E-state index contributed by atoms with van der Waals surface area (Å²) < 4.78 is 5.57. The Hall–Kier alpha value is -2.17. The van der Waals surface area contributed by atoms with E-state index >= 15 is 0 Å². The van der Waals surface area contributed by atoms with Crippen molar-refractivity contribution in [3.63, 3.8) is 0 Å². The van der Waals surface area contributed by atoms with Crippen LogP contribution in [0.4, 0.5) is 0 Å². The molecule has 0 saturated heterocycles. The molecule has 0 aliphatic rings. The van der Waals surface area contributed by atoms with E-state index in [1.54, 1.807) is 24.3 Å². The lowest BCUT2D eigenvalue weighted by Gasteiger charge is -2.09. The zero-order valence-corrected chi connectivity index (χ0v) is 11.9. The zero-order valence-electron chi connectivity index (χ0n) is 10.4. The summed E-state index contributed by atoms with van der Waals surface area (Å²) >= 11 is 11.7. The van der Waals surface area contributed by atoms with Gasteiger partial charge in [-0.3, -0.25) is 4.79 Å². The lowest BCUT2D eigenvalue weighted by Crippen LogP contribution is -2.01. The van der Waals surface area contributed by atoms with E-state index in [9.17, 15) is 15.0 Å². The van der Waals surface area contributed by atoms with E-state index in [0.717, 1.165) is 0 Å². The number of hydrogen-bond donors (Lipinski definition) is 2. The minimum Gasteiger partial charge on any atom is -0.505 e. The lowest BCUT2D eigenvalue weighted by atomic mass is 10.1. The quantitative estimate of drug-likeness (QED) is 0.705. The molecular weight excluding hydrogens is 315 g/mol. The number of halogens is 2. The number of phenols is 2. The van der Waals surface area contributed by atoms with Gasteiger partial charge in [0.05, 0.1) is 0 Å². The number of rotatable bonds is 1. The van der Waals surface area contributed by atoms with Crippen LogP contribution in [0.5, 0.6) is 11.5 Å². The largest absolute Gasteiger partial charge is 0.505 e. The van der Waals surface area contributed by atoms with E-state index in [4.69, 9.17) is 27.6 Å². The summed E-state index contributed by atoms with van der Waals surface area (Å²) in [5.74, 6) is -0.810. The molecule has 0 unspecified atom stereocenters. The molecule has 0 amide bonds. The first kappa shape index (κ1) is 13.8. The van der Waals surface area contributed by atoms with Crippen molar-refractivity contribution in [2.24, 2.45) is 0 Å². The Morgan fingerprint density at radius 3 is 2.29 bits per heavy atom. The summed E-state index contributed by atoms with van der Waals surface area (Å²) in [7, 11) is 0. The van der Waals surface area contributed by atoms with Crippen LogP contribution in [0.3, 0.4) is 0 Å². The molecule has 0 spiro atoms. The van der Waals surface area contributed by atoms with E-state index in [1.165, 1.54) is 6.07 Å². The molecule has 0 bridgehead atoms. The second-order valence-electron chi connectivity index (χ2n) is 4.37. The molecule has 0 radical (unpaired) electrons. The fraction of sp³-hybridized carbons (Fsp3) is 0. The molecule has 21 heavy (non-hydrogen) atoms. The van der Waals surface area contributed by atoms with Gasteiger partial charge in [0.25, 0.3) is 0 Å². The van der Waals surface area contributed by atoms with Crippen LogP contribution in [-0.4, -0.2) is 10.2 Å². The second kappa shape index (κ2) is 4.98. The van der Waals surface area contributed by atoms with Crippen molar-refractivity contribution in [1.29, 1.82) is 0 Å². The highest BCUT2D eigenvalue weighted by Gasteiger charge is 2.21. The van der Waals surface area contributed by atoms with Gasteiger partial charge in [0.1, 0.15) is 21.2 Å². The third-order valence-corrected chi connectivity index (χ3v) is 3.77. The van der Waals surface area contributed by atoms with Crippen LogP contribution in [0, 0.1) is 0 Å². The maximum Gasteiger partial charge on any atom is 0.197 e. The van der Waals surface area contributed by atoms with E-state index in [1.807, 2.05) is 6.07 Å². The SMILES string of the molecule is O=c1cc(-c2ccccc2)oc2c(Cl)c(O)c(Cl)c(O)c12. The molecular formula is C15H8Cl2O4. The van der Waals surface area contributed by atoms with Gasteiger partial charge < -0.3 is 14.6 Å². The molecule has 0 saturated carbocycles. The van der Waals surface area contributed by atoms with Crippen LogP contribution in [0.2, 0.25) is 10.0 Å². The molecule has 3 aromatic rings. The normalized spacial score (nSPS) is 11.0. The van der Waals surface area contributed by atoms with E-state index in [0.29, 0.717) is 5.56 Å². The summed E-state index contributed by atoms with van der Waals surface area (Å²) in [6.45, 7) is 0. The van der Waals surface area contributed by atoms with Gasteiger partial charge in [-0.05, 0) is 0 Å². The Labute approximate surface area is 128 Å². The molecule has 1 aromatic heterocycles. The molecule has 2 aromatic carbocycles. The zero-order chi connectivity index (χ0) is 15.1. The van der Waals surface area contributed by atoms with Crippen LogP contribution in [0.1, 0.15) is 0 Å². The molecule has 0 atom stereocenters. The first-order valence-electron chi connectivity index (χ1n) is 5.93. The summed E-state index contributed by atoms with van der Waals surface area (Å²) in [4.78, 5) is 12.2. The van der Waals surface area contributed by atoms with Gasteiger partial charge in [-0.25, -0.2) is 0 Å². The Bertz CT molecular complexity index is 901. The fourth-order valence-electron chi connectivity index (χ4n) is 2.04. The van der Waals surface area contributed by atoms with Gasteiger partial charge in [-0.2, -0.15) is 0 Å². The van der Waals surface area contributed by atoms with Crippen LogP contribution in [-0.2, 0) is 0 Å². The Kier molecular flexibility index (Phi) is 3.27. The molecule has 0 aliphatic heterocycles. The van der Waals surface area contributed by atoms with Crippen molar-refractivity contribution in [2.45, 2.75) is 0 Å². The molecule has 1 heterocycles. The van der Waals surface area contributed by atoms with Crippen LogP contribution in [0.15, 0.2) is 45.6 Å². The van der Waals surface area contributed by atoms with Crippen molar-refractivity contribution < 1.29 is 14.6 Å². The predicted octanol–water partition coefficient (Wildman–Crippen LogP) is 4.18. The fourth-order valence-corrected chi connectivity index (χ4v) is 2.51. The van der Waals surface area contributed by atoms with Crippen molar-refractivity contribution in [2.75, 3.05) is 0 Å². The third kappa shape index (κ3) is 2.13. The van der Waals surface area contributed by atoms with Gasteiger partial charge in [-0.1, -0.05) is 53.5 Å². The Morgan fingerprint density at radius 1 is 0.952 bits per heavy atom. The van der Waals surface area contributed by atoms with Crippen LogP contribution < -0.4 is 5.43 Å². The van der Waals surface area contributed by atoms with Crippen molar-refractivity contribution in [3.8, 4) is 22.8 Å². The van der Waals surface area contributed by atoms with Crippen molar-refractivity contribution in [3.05, 3.63) is 56.7 Å².